The normalized spacial score (nSPS) is 14.1. The van der Waals surface area contributed by atoms with Gasteiger partial charge in [0.2, 0.25) is 65.0 Å². The molecule has 1 aromatic heterocycles. The molecule has 0 bridgehead atoms. The van der Waals surface area contributed by atoms with Crippen LogP contribution in [0, 0.1) is 5.92 Å². The molecule has 9 atom stereocenters. The quantitative estimate of drug-likeness (QED) is 0.0277. The van der Waals surface area contributed by atoms with Crippen molar-refractivity contribution in [2.45, 2.75) is 132 Å². The minimum atomic E-state index is -1.99. The lowest BCUT2D eigenvalue weighted by molar-refractivity contribution is -0.143. The summed E-state index contributed by atoms with van der Waals surface area (Å²) in [5.74, 6) is -12.5. The first-order chi connectivity index (χ1) is 41.2. The van der Waals surface area contributed by atoms with Crippen LogP contribution >= 0.6 is 23.5 Å². The highest BCUT2D eigenvalue weighted by Gasteiger charge is 2.37. The van der Waals surface area contributed by atoms with Crippen LogP contribution in [0.4, 0.5) is 0 Å². The van der Waals surface area contributed by atoms with Gasteiger partial charge < -0.3 is 79.8 Å². The number of rotatable bonds is 40. The van der Waals surface area contributed by atoms with Crippen molar-refractivity contribution in [3.05, 3.63) is 90.0 Å². The monoisotopic (exact) mass is 1250 g/mol. The molecule has 87 heavy (non-hydrogen) atoms. The van der Waals surface area contributed by atoms with Crippen LogP contribution in [0.25, 0.3) is 0 Å². The highest BCUT2D eigenvalue weighted by Crippen LogP contribution is 2.15. The van der Waals surface area contributed by atoms with E-state index in [9.17, 15) is 67.4 Å². The third-order valence-electron chi connectivity index (χ3n) is 13.3. The smallest absolute Gasteiger partial charge is 0.305 e. The van der Waals surface area contributed by atoms with Crippen molar-refractivity contribution < 1.29 is 72.5 Å². The number of thioether (sulfide) groups is 2. The molecular formula is C56H80N14O15S2. The van der Waals surface area contributed by atoms with Crippen LogP contribution in [0.3, 0.4) is 0 Å². The van der Waals surface area contributed by atoms with Crippen molar-refractivity contribution in [2.75, 3.05) is 37.6 Å². The van der Waals surface area contributed by atoms with E-state index < -0.39 is 164 Å². The Morgan fingerprint density at radius 1 is 0.575 bits per heavy atom. The number of benzene rings is 2. The fourth-order valence-corrected chi connectivity index (χ4v) is 9.58. The first kappa shape index (κ1) is 72.7. The number of likely N-dealkylation sites (N-methyl/N-ethyl adjacent to an activating group) is 1. The fourth-order valence-electron chi connectivity index (χ4n) is 8.64. The zero-order chi connectivity index (χ0) is 64.8. The molecule has 0 aliphatic heterocycles. The standard InChI is InChI=1S/C56H80N14O15S2/c1-31(2)22-39(52(81)64-36(48(59)77)18-20-86-4)63-45(72)29-61-55(84)43(24-33-14-10-7-11-15-33)70(3)56(85)42(23-32-12-8-6-9-13-32)69-50(79)37(16-17-44(58)71)66-54(83)41(27-47(75)76)68-53(82)40(25-34-28-60-30-62-34)67-51(80)38(19-21-87-5)65-49(78)35(57)26-46(73)74/h6-15,28,30-31,35-43H,16-27,29,57H2,1-5H3,(H2,58,71)(H2,59,77)(H,60,62)(H,61,84)(H,63,72)(H,64,81)(H,65,78)(H,66,83)(H,67,80)(H,68,82)(H,69,79)(H,73,74)(H,75,76)/t35-,36-,37-,38-,39-,40-,41-,42-,43-/m0/s1. The molecule has 0 spiro atoms. The van der Waals surface area contributed by atoms with Gasteiger partial charge in [0.1, 0.15) is 48.3 Å². The van der Waals surface area contributed by atoms with E-state index in [-0.39, 0.29) is 50.1 Å². The topological polar surface area (TPSA) is 469 Å². The van der Waals surface area contributed by atoms with Gasteiger partial charge in [0.25, 0.3) is 0 Å². The summed E-state index contributed by atoms with van der Waals surface area (Å²) >= 11 is 2.75. The molecule has 0 saturated carbocycles. The van der Waals surface area contributed by atoms with Crippen LogP contribution < -0.4 is 59.7 Å². The van der Waals surface area contributed by atoms with Crippen LogP contribution in [-0.4, -0.2) is 194 Å². The molecule has 0 radical (unpaired) electrons. The average molecular weight is 1250 g/mol. The molecule has 0 aliphatic carbocycles. The molecule has 0 fully saturated rings. The van der Waals surface area contributed by atoms with Gasteiger partial charge in [0, 0.05) is 44.6 Å². The maximum Gasteiger partial charge on any atom is 0.305 e. The van der Waals surface area contributed by atoms with Crippen molar-refractivity contribution in [3.8, 4) is 0 Å². The third kappa shape index (κ3) is 26.7. The molecule has 29 nitrogen and oxygen atoms in total. The van der Waals surface area contributed by atoms with Crippen LogP contribution in [0.5, 0.6) is 0 Å². The Bertz CT molecular complexity index is 2820. The van der Waals surface area contributed by atoms with Crippen LogP contribution in [0.15, 0.2) is 73.2 Å². The first-order valence-electron chi connectivity index (χ1n) is 27.7. The fraction of sp³-hybridized carbons (Fsp3) is 0.500. The van der Waals surface area contributed by atoms with Crippen LogP contribution in [0.2, 0.25) is 0 Å². The molecule has 17 N–H and O–H groups in total. The molecule has 11 amide bonds. The molecule has 31 heteroatoms. The molecule has 3 rings (SSSR count). The number of imidazole rings is 1. The number of H-pyrrole nitrogens is 1. The summed E-state index contributed by atoms with van der Waals surface area (Å²) in [6, 6.07) is 3.54. The molecule has 0 unspecified atom stereocenters. The zero-order valence-corrected chi connectivity index (χ0v) is 50.7. The second-order valence-electron chi connectivity index (χ2n) is 20.7. The minimum absolute atomic E-state index is 0.0153. The number of carboxylic acid groups (broad SMARTS) is 2. The molecule has 0 saturated heterocycles. The largest absolute Gasteiger partial charge is 0.481 e. The Kier molecular flexibility index (Phi) is 31.5. The molecular weight excluding hydrogens is 1170 g/mol. The summed E-state index contributed by atoms with van der Waals surface area (Å²) < 4.78 is 0. The molecule has 3 aromatic rings. The number of carbonyl (C=O) groups is 13. The minimum Gasteiger partial charge on any atom is -0.481 e. The third-order valence-corrected chi connectivity index (χ3v) is 14.5. The van der Waals surface area contributed by atoms with E-state index in [4.69, 9.17) is 22.3 Å². The Labute approximate surface area is 511 Å². The SMILES string of the molecule is CSCC[C@H](NC(=O)[C@H](CC(C)C)NC(=O)CNC(=O)[C@H](Cc1ccccc1)N(C)C(=O)[C@H](Cc1ccccc1)NC(=O)[C@H](CCC(N)=O)NC(=O)[C@H](CC(=O)O)NC(=O)[C@H](Cc1cnc[nH]1)NC(=O)[C@H](CCSC)NC(=O)[C@@H](N)CC(=O)O)C(N)=O. The van der Waals surface area contributed by atoms with Gasteiger partial charge in [-0.1, -0.05) is 74.5 Å². The Balaban J connectivity index is 1.97. The first-order valence-corrected chi connectivity index (χ1v) is 30.5. The second-order valence-corrected chi connectivity index (χ2v) is 22.7. The number of amides is 11. The van der Waals surface area contributed by atoms with E-state index >= 15 is 0 Å². The Morgan fingerprint density at radius 2 is 1.06 bits per heavy atom. The van der Waals surface area contributed by atoms with Crippen molar-refractivity contribution in [3.63, 3.8) is 0 Å². The van der Waals surface area contributed by atoms with Gasteiger partial charge in [0.05, 0.1) is 31.8 Å². The van der Waals surface area contributed by atoms with E-state index in [1.807, 2.05) is 20.1 Å². The van der Waals surface area contributed by atoms with Gasteiger partial charge in [-0.05, 0) is 66.7 Å². The number of aromatic amines is 1. The van der Waals surface area contributed by atoms with Gasteiger partial charge in [-0.15, -0.1) is 0 Å². The maximum absolute atomic E-state index is 14.9. The lowest BCUT2D eigenvalue weighted by atomic mass is 10.00. The van der Waals surface area contributed by atoms with Crippen molar-refractivity contribution >= 4 is 100 Å². The average Bonchev–Trinajstić information content (AvgIpc) is 2.89. The van der Waals surface area contributed by atoms with Crippen LogP contribution in [-0.2, 0) is 81.6 Å². The number of nitrogens with zero attached hydrogens (tertiary/aromatic N) is 2. The number of carbonyl (C=O) groups excluding carboxylic acids is 11. The Morgan fingerprint density at radius 3 is 1.59 bits per heavy atom. The van der Waals surface area contributed by atoms with Crippen molar-refractivity contribution in [1.82, 2.24) is 57.4 Å². The molecule has 2 aromatic carbocycles. The van der Waals surface area contributed by atoms with Gasteiger partial charge >= 0.3 is 11.9 Å². The zero-order valence-electron chi connectivity index (χ0n) is 49.0. The van der Waals surface area contributed by atoms with E-state index in [1.54, 1.807) is 66.9 Å². The highest BCUT2D eigenvalue weighted by atomic mass is 32.2. The van der Waals surface area contributed by atoms with Gasteiger partial charge in [0.15, 0.2) is 0 Å². The highest BCUT2D eigenvalue weighted by molar-refractivity contribution is 7.98. The predicted molar refractivity (Wildman–Crippen MR) is 321 cm³/mol. The van der Waals surface area contributed by atoms with Crippen molar-refractivity contribution in [2.24, 2.45) is 23.1 Å². The van der Waals surface area contributed by atoms with Gasteiger partial charge in [-0.2, -0.15) is 23.5 Å². The number of nitrogens with one attached hydrogen (secondary N) is 9. The summed E-state index contributed by atoms with van der Waals surface area (Å²) in [6.07, 6.45) is 2.91. The molecule has 0 aliphatic rings. The second kappa shape index (κ2) is 37.8. The lowest BCUT2D eigenvalue weighted by Crippen LogP contribution is -2.61. The molecule has 476 valence electrons. The van der Waals surface area contributed by atoms with Gasteiger partial charge in [-0.3, -0.25) is 62.3 Å². The van der Waals surface area contributed by atoms with E-state index in [2.05, 4.69) is 52.5 Å². The van der Waals surface area contributed by atoms with E-state index in [0.29, 0.717) is 22.6 Å². The molecule has 1 heterocycles. The van der Waals surface area contributed by atoms with Crippen LogP contribution in [0.1, 0.15) is 75.6 Å². The maximum atomic E-state index is 14.9. The van der Waals surface area contributed by atoms with Crippen molar-refractivity contribution in [1.29, 1.82) is 0 Å². The number of primary amides is 2. The number of nitrogens with two attached hydrogens (primary N) is 3. The van der Waals surface area contributed by atoms with Gasteiger partial charge in [-0.25, -0.2) is 4.98 Å². The number of aromatic nitrogens is 2. The summed E-state index contributed by atoms with van der Waals surface area (Å²) in [5.41, 5.74) is 18.1. The summed E-state index contributed by atoms with van der Waals surface area (Å²) in [5, 5.41) is 39.1. The summed E-state index contributed by atoms with van der Waals surface area (Å²) in [4.78, 5) is 181. The summed E-state index contributed by atoms with van der Waals surface area (Å²) in [7, 11) is 1.29. The summed E-state index contributed by atoms with van der Waals surface area (Å²) in [6.45, 7) is 2.97. The van der Waals surface area contributed by atoms with E-state index in [1.165, 1.54) is 43.1 Å². The number of carboxylic acids is 2. The predicted octanol–water partition coefficient (Wildman–Crippen LogP) is -2.65. The van der Waals surface area contributed by atoms with E-state index in [0.717, 1.165) is 4.90 Å². The number of hydrogen-bond acceptors (Lipinski definition) is 17. The number of aliphatic carboxylic acids is 2. The number of hydrogen-bond donors (Lipinski definition) is 14. The Hall–Kier alpha value is -8.58. The lowest BCUT2D eigenvalue weighted by Gasteiger charge is -2.32.